The van der Waals surface area contributed by atoms with Gasteiger partial charge in [0.25, 0.3) is 5.91 Å². The molecule has 1 aliphatic heterocycles. The molecule has 0 aliphatic carbocycles. The first-order valence-corrected chi connectivity index (χ1v) is 13.2. The highest BCUT2D eigenvalue weighted by Gasteiger charge is 2.39. The van der Waals surface area contributed by atoms with Crippen LogP contribution < -0.4 is 10.2 Å². The van der Waals surface area contributed by atoms with Crippen LogP contribution >= 0.6 is 0 Å². The number of ether oxygens (including phenoxy) is 1. The maximum atomic E-state index is 13.0. The number of nitrogens with one attached hydrogen (secondary N) is 1. The van der Waals surface area contributed by atoms with E-state index in [0.29, 0.717) is 31.5 Å². The Bertz CT molecular complexity index is 1070. The third-order valence-electron chi connectivity index (χ3n) is 5.63. The minimum atomic E-state index is -3.51. The van der Waals surface area contributed by atoms with Gasteiger partial charge in [-0.1, -0.05) is 25.1 Å². The molecule has 0 radical (unpaired) electrons. The smallest absolute Gasteiger partial charge is 0.324 e. The Morgan fingerprint density at radius 2 is 1.74 bits per heavy atom. The Kier molecular flexibility index (Phi) is 8.68. The highest BCUT2D eigenvalue weighted by Crippen LogP contribution is 2.25. The summed E-state index contributed by atoms with van der Waals surface area (Å²) in [6.07, 6.45) is 1.47. The van der Waals surface area contributed by atoms with Crippen LogP contribution in [-0.2, 0) is 24.3 Å². The molecule has 1 amide bonds. The van der Waals surface area contributed by atoms with Crippen molar-refractivity contribution >= 4 is 39.0 Å². The molecule has 184 valence electrons. The zero-order chi connectivity index (χ0) is 24.7. The number of para-hydroxylation sites is 1. The summed E-state index contributed by atoms with van der Waals surface area (Å²) >= 11 is 0. The largest absolute Gasteiger partial charge is 0.454 e. The molecule has 1 fully saturated rings. The van der Waals surface area contributed by atoms with Crippen LogP contribution in [0.2, 0.25) is 0 Å². The molecule has 0 aromatic heterocycles. The molecule has 1 unspecified atom stereocenters. The summed E-state index contributed by atoms with van der Waals surface area (Å²) in [7, 11) is -3.51. The van der Waals surface area contributed by atoms with E-state index in [4.69, 9.17) is 4.74 Å². The van der Waals surface area contributed by atoms with Gasteiger partial charge in [0.05, 0.1) is 5.75 Å². The van der Waals surface area contributed by atoms with Crippen molar-refractivity contribution in [2.24, 2.45) is 0 Å². The second-order valence-electron chi connectivity index (χ2n) is 8.59. The highest BCUT2D eigenvalue weighted by molar-refractivity contribution is 7.89. The monoisotopic (exact) mass is 487 g/mol. The molecule has 8 nitrogen and oxygen atoms in total. The number of sulfonamides is 1. The number of esters is 1. The minimum Gasteiger partial charge on any atom is -0.454 e. The molecular formula is C25H33N3O5S. The molecule has 1 saturated heterocycles. The van der Waals surface area contributed by atoms with Gasteiger partial charge in [0.1, 0.15) is 6.04 Å². The van der Waals surface area contributed by atoms with Crippen molar-refractivity contribution in [3.8, 4) is 0 Å². The summed E-state index contributed by atoms with van der Waals surface area (Å²) in [4.78, 5) is 27.2. The van der Waals surface area contributed by atoms with E-state index >= 15 is 0 Å². The van der Waals surface area contributed by atoms with E-state index < -0.39 is 28.6 Å². The van der Waals surface area contributed by atoms with Crippen molar-refractivity contribution in [1.29, 1.82) is 0 Å². The van der Waals surface area contributed by atoms with E-state index in [1.807, 2.05) is 68.4 Å². The number of carbonyl (C=O) groups is 2. The number of rotatable bonds is 10. The summed E-state index contributed by atoms with van der Waals surface area (Å²) in [5.41, 5.74) is 2.52. The molecule has 9 heteroatoms. The van der Waals surface area contributed by atoms with Crippen LogP contribution in [0.4, 0.5) is 17.1 Å². The predicted molar refractivity (Wildman–Crippen MR) is 134 cm³/mol. The van der Waals surface area contributed by atoms with Gasteiger partial charge < -0.3 is 15.0 Å². The topological polar surface area (TPSA) is 96.0 Å². The van der Waals surface area contributed by atoms with Crippen LogP contribution in [0, 0.1) is 0 Å². The second kappa shape index (κ2) is 11.5. The van der Waals surface area contributed by atoms with E-state index in [-0.39, 0.29) is 17.7 Å². The average molecular weight is 488 g/mol. The number of nitrogens with zero attached hydrogens (tertiary/aromatic N) is 2. The quantitative estimate of drug-likeness (QED) is 0.511. The Balaban J connectivity index is 1.63. The van der Waals surface area contributed by atoms with Gasteiger partial charge >= 0.3 is 5.97 Å². The third-order valence-corrected chi connectivity index (χ3v) is 7.70. The number of hydrogen-bond donors (Lipinski definition) is 1. The highest BCUT2D eigenvalue weighted by atomic mass is 32.2. The van der Waals surface area contributed by atoms with Gasteiger partial charge in [-0.2, -0.15) is 4.31 Å². The fourth-order valence-corrected chi connectivity index (χ4v) is 5.84. The fourth-order valence-electron chi connectivity index (χ4n) is 4.11. The van der Waals surface area contributed by atoms with Crippen LogP contribution in [0.1, 0.15) is 40.0 Å². The fraction of sp³-hybridized carbons (Fsp3) is 0.440. The Hall–Kier alpha value is -2.91. The van der Waals surface area contributed by atoms with Crippen LogP contribution in [0.3, 0.4) is 0 Å². The molecule has 1 atom stereocenters. The molecule has 2 aromatic carbocycles. The molecule has 2 aromatic rings. The maximum absolute atomic E-state index is 13.0. The van der Waals surface area contributed by atoms with Gasteiger partial charge in [-0.3, -0.25) is 9.59 Å². The minimum absolute atomic E-state index is 0.00797. The molecule has 0 spiro atoms. The lowest BCUT2D eigenvalue weighted by molar-refractivity contribution is -0.151. The molecule has 0 bridgehead atoms. The predicted octanol–water partition coefficient (Wildman–Crippen LogP) is 3.92. The van der Waals surface area contributed by atoms with Gasteiger partial charge in [-0.05, 0) is 69.5 Å². The normalized spacial score (nSPS) is 16.4. The van der Waals surface area contributed by atoms with Gasteiger partial charge in [-0.15, -0.1) is 0 Å². The molecular weight excluding hydrogens is 454 g/mol. The zero-order valence-electron chi connectivity index (χ0n) is 19.9. The zero-order valence-corrected chi connectivity index (χ0v) is 20.8. The first kappa shape index (κ1) is 25.7. The van der Waals surface area contributed by atoms with E-state index in [1.54, 1.807) is 11.8 Å². The van der Waals surface area contributed by atoms with Gasteiger partial charge in [0.15, 0.2) is 6.61 Å². The van der Waals surface area contributed by atoms with Crippen molar-refractivity contribution in [3.05, 3.63) is 54.6 Å². The number of carbonyl (C=O) groups excluding carboxylic acids is 2. The van der Waals surface area contributed by atoms with Gasteiger partial charge in [0.2, 0.25) is 10.0 Å². The first-order valence-electron chi connectivity index (χ1n) is 11.6. The molecule has 34 heavy (non-hydrogen) atoms. The Labute approximate surface area is 201 Å². The molecule has 1 aliphatic rings. The number of anilines is 3. The summed E-state index contributed by atoms with van der Waals surface area (Å²) in [6.45, 7) is 5.40. The number of amides is 1. The molecule has 0 saturated carbocycles. The molecule has 1 heterocycles. The van der Waals surface area contributed by atoms with Crippen molar-refractivity contribution < 1.29 is 22.7 Å². The maximum Gasteiger partial charge on any atom is 0.324 e. The summed E-state index contributed by atoms with van der Waals surface area (Å²) in [6, 6.07) is 16.2. The van der Waals surface area contributed by atoms with E-state index in [0.717, 1.165) is 11.4 Å². The van der Waals surface area contributed by atoms with Crippen molar-refractivity contribution in [3.63, 3.8) is 0 Å². The van der Waals surface area contributed by atoms with Crippen LogP contribution in [0.5, 0.6) is 0 Å². The molecule has 3 rings (SSSR count). The Morgan fingerprint density at radius 1 is 1.09 bits per heavy atom. The first-order chi connectivity index (χ1) is 16.2. The SMILES string of the molecule is CCCS(=O)(=O)N1CCCC1C(=O)OCC(=O)N(c1ccc(Nc2ccccc2)cc1)C(C)C. The molecule has 1 N–H and O–H groups in total. The van der Waals surface area contributed by atoms with E-state index in [9.17, 15) is 18.0 Å². The lowest BCUT2D eigenvalue weighted by atomic mass is 10.2. The van der Waals surface area contributed by atoms with Crippen molar-refractivity contribution in [2.75, 3.05) is 29.1 Å². The standard InChI is InChI=1S/C25H33N3O5S/c1-4-17-34(31,32)27-16-8-11-23(27)25(30)33-18-24(29)28(19(2)3)22-14-12-21(13-15-22)26-20-9-6-5-7-10-20/h5-7,9-10,12-15,19,23,26H,4,8,11,16-18H2,1-3H3. The lowest BCUT2D eigenvalue weighted by Crippen LogP contribution is -2.44. The van der Waals surface area contributed by atoms with Crippen molar-refractivity contribution in [1.82, 2.24) is 4.31 Å². The van der Waals surface area contributed by atoms with Crippen LogP contribution in [0.15, 0.2) is 54.6 Å². The average Bonchev–Trinajstić information content (AvgIpc) is 3.30. The summed E-state index contributed by atoms with van der Waals surface area (Å²) in [5, 5.41) is 3.30. The second-order valence-corrected chi connectivity index (χ2v) is 10.6. The van der Waals surface area contributed by atoms with Crippen LogP contribution in [-0.4, -0.2) is 55.6 Å². The van der Waals surface area contributed by atoms with E-state index in [2.05, 4.69) is 5.32 Å². The summed E-state index contributed by atoms with van der Waals surface area (Å²) in [5.74, 6) is -1.05. The third kappa shape index (κ3) is 6.36. The van der Waals surface area contributed by atoms with E-state index in [1.165, 1.54) is 4.31 Å². The van der Waals surface area contributed by atoms with Gasteiger partial charge in [-0.25, -0.2) is 8.42 Å². The Morgan fingerprint density at radius 3 is 2.35 bits per heavy atom. The number of hydrogen-bond acceptors (Lipinski definition) is 6. The number of benzene rings is 2. The lowest BCUT2D eigenvalue weighted by Gasteiger charge is -2.27. The van der Waals surface area contributed by atoms with Gasteiger partial charge in [0, 0.05) is 29.6 Å². The van der Waals surface area contributed by atoms with Crippen LogP contribution in [0.25, 0.3) is 0 Å². The van der Waals surface area contributed by atoms with Crippen molar-refractivity contribution in [2.45, 2.75) is 52.1 Å². The summed E-state index contributed by atoms with van der Waals surface area (Å²) < 4.78 is 31.4.